The highest BCUT2D eigenvalue weighted by molar-refractivity contribution is 4.74. The molecule has 0 spiro atoms. The van der Waals surface area contributed by atoms with E-state index in [2.05, 4.69) is 0 Å². The molecule has 0 heterocycles. The van der Waals surface area contributed by atoms with E-state index in [1.807, 2.05) is 6.92 Å². The molecule has 0 aromatic heterocycles. The van der Waals surface area contributed by atoms with Crippen molar-refractivity contribution in [2.75, 3.05) is 13.2 Å². The van der Waals surface area contributed by atoms with Gasteiger partial charge in [-0.15, -0.1) is 0 Å². The van der Waals surface area contributed by atoms with Gasteiger partial charge >= 0.3 is 0 Å². The van der Waals surface area contributed by atoms with E-state index in [1.54, 1.807) is 0 Å². The van der Waals surface area contributed by atoms with Gasteiger partial charge in [0.15, 0.2) is 0 Å². The van der Waals surface area contributed by atoms with E-state index >= 15 is 0 Å². The summed E-state index contributed by atoms with van der Waals surface area (Å²) in [5.74, 6) is 0.599. The monoisotopic (exact) mass is 200 g/mol. The van der Waals surface area contributed by atoms with Crippen LogP contribution in [-0.4, -0.2) is 24.4 Å². The Morgan fingerprint density at radius 1 is 1.29 bits per heavy atom. The van der Waals surface area contributed by atoms with Gasteiger partial charge < -0.3 is 9.84 Å². The third-order valence-electron chi connectivity index (χ3n) is 3.19. The van der Waals surface area contributed by atoms with Crippen molar-refractivity contribution in [3.63, 3.8) is 0 Å². The predicted molar refractivity (Wildman–Crippen MR) is 58.3 cm³/mol. The highest BCUT2D eigenvalue weighted by Gasteiger charge is 2.22. The van der Waals surface area contributed by atoms with Crippen LogP contribution in [0, 0.1) is 5.92 Å². The Bertz CT molecular complexity index is 130. The summed E-state index contributed by atoms with van der Waals surface area (Å²) in [6, 6.07) is 0. The van der Waals surface area contributed by atoms with Gasteiger partial charge in [-0.05, 0) is 44.9 Å². The lowest BCUT2D eigenvalue weighted by Gasteiger charge is -2.17. The summed E-state index contributed by atoms with van der Waals surface area (Å²) in [4.78, 5) is 0. The maximum Gasteiger partial charge on any atom is 0.0568 e. The molecule has 1 unspecified atom stereocenters. The zero-order valence-corrected chi connectivity index (χ0v) is 9.37. The highest BCUT2D eigenvalue weighted by atomic mass is 16.5. The largest absolute Gasteiger partial charge is 0.393 e. The Hall–Kier alpha value is -0.0800. The lowest BCUT2D eigenvalue weighted by Crippen LogP contribution is -2.17. The molecule has 0 radical (unpaired) electrons. The lowest BCUT2D eigenvalue weighted by molar-refractivity contribution is 0.0920. The second kappa shape index (κ2) is 7.24. The summed E-state index contributed by atoms with van der Waals surface area (Å²) in [6.45, 7) is 3.69. The number of hydrogen-bond donors (Lipinski definition) is 1. The molecule has 1 atom stereocenters. The van der Waals surface area contributed by atoms with Crippen molar-refractivity contribution in [2.45, 2.75) is 58.0 Å². The fourth-order valence-corrected chi connectivity index (χ4v) is 2.28. The van der Waals surface area contributed by atoms with Gasteiger partial charge in [-0.25, -0.2) is 0 Å². The first kappa shape index (κ1) is 12.0. The first-order valence-corrected chi connectivity index (χ1v) is 6.10. The van der Waals surface area contributed by atoms with Crippen LogP contribution in [0.3, 0.4) is 0 Å². The maximum atomic E-state index is 9.86. The molecule has 1 aliphatic carbocycles. The minimum atomic E-state index is -0.0425. The minimum absolute atomic E-state index is 0.0425. The first-order valence-electron chi connectivity index (χ1n) is 6.10. The van der Waals surface area contributed by atoms with Crippen LogP contribution in [0.15, 0.2) is 0 Å². The van der Waals surface area contributed by atoms with Gasteiger partial charge in [-0.1, -0.05) is 12.8 Å². The van der Waals surface area contributed by atoms with Crippen LogP contribution in [0.5, 0.6) is 0 Å². The minimum Gasteiger partial charge on any atom is -0.393 e. The molecule has 1 fully saturated rings. The van der Waals surface area contributed by atoms with Crippen LogP contribution >= 0.6 is 0 Å². The number of ether oxygens (including phenoxy) is 1. The van der Waals surface area contributed by atoms with Gasteiger partial charge in [-0.2, -0.15) is 0 Å². The molecular formula is C12H24O2. The first-order chi connectivity index (χ1) is 6.84. The van der Waals surface area contributed by atoms with E-state index in [4.69, 9.17) is 4.74 Å². The summed E-state index contributed by atoms with van der Waals surface area (Å²) in [6.07, 6.45) is 8.26. The second-order valence-electron chi connectivity index (χ2n) is 4.30. The molecule has 2 nitrogen and oxygen atoms in total. The summed E-state index contributed by atoms with van der Waals surface area (Å²) in [5.41, 5.74) is 0. The van der Waals surface area contributed by atoms with Crippen molar-refractivity contribution in [1.29, 1.82) is 0 Å². The van der Waals surface area contributed by atoms with Crippen LogP contribution in [0.4, 0.5) is 0 Å². The summed E-state index contributed by atoms with van der Waals surface area (Å²) in [7, 11) is 0. The maximum absolute atomic E-state index is 9.86. The van der Waals surface area contributed by atoms with E-state index < -0.39 is 0 Å². The Labute approximate surface area is 87.7 Å². The van der Waals surface area contributed by atoms with E-state index in [0.717, 1.165) is 32.5 Å². The standard InChI is InChI=1S/C12H24O2/c1-2-14-10-6-5-9-12(13)11-7-3-4-8-11/h11-13H,2-10H2,1H3. The third-order valence-corrected chi connectivity index (χ3v) is 3.19. The van der Waals surface area contributed by atoms with Crippen molar-refractivity contribution in [2.24, 2.45) is 5.92 Å². The second-order valence-corrected chi connectivity index (χ2v) is 4.30. The van der Waals surface area contributed by atoms with Gasteiger partial charge in [0.2, 0.25) is 0 Å². The van der Waals surface area contributed by atoms with E-state index in [9.17, 15) is 5.11 Å². The van der Waals surface area contributed by atoms with Crippen molar-refractivity contribution in [3.05, 3.63) is 0 Å². The van der Waals surface area contributed by atoms with Crippen molar-refractivity contribution in [3.8, 4) is 0 Å². The molecule has 84 valence electrons. The molecule has 2 heteroatoms. The predicted octanol–water partition coefficient (Wildman–Crippen LogP) is 2.74. The molecular weight excluding hydrogens is 176 g/mol. The highest BCUT2D eigenvalue weighted by Crippen LogP contribution is 2.29. The fraction of sp³-hybridized carbons (Fsp3) is 1.00. The Morgan fingerprint density at radius 2 is 2.00 bits per heavy atom. The molecule has 0 aromatic carbocycles. The van der Waals surface area contributed by atoms with Crippen LogP contribution in [0.2, 0.25) is 0 Å². The molecule has 14 heavy (non-hydrogen) atoms. The molecule has 1 aliphatic rings. The molecule has 0 aromatic rings. The van der Waals surface area contributed by atoms with Crippen molar-refractivity contribution >= 4 is 0 Å². The molecule has 1 saturated carbocycles. The van der Waals surface area contributed by atoms with Crippen LogP contribution in [0.1, 0.15) is 51.9 Å². The van der Waals surface area contributed by atoms with E-state index in [-0.39, 0.29) is 6.10 Å². The topological polar surface area (TPSA) is 29.5 Å². The number of aliphatic hydroxyl groups is 1. The molecule has 1 rings (SSSR count). The SMILES string of the molecule is CCOCCCCC(O)C1CCCC1. The number of aliphatic hydroxyl groups excluding tert-OH is 1. The number of unbranched alkanes of at least 4 members (excludes halogenated alkanes) is 1. The molecule has 0 saturated heterocycles. The zero-order valence-electron chi connectivity index (χ0n) is 9.37. The normalized spacial score (nSPS) is 20.1. The van der Waals surface area contributed by atoms with Crippen LogP contribution in [-0.2, 0) is 4.74 Å². The van der Waals surface area contributed by atoms with Gasteiger partial charge in [0.25, 0.3) is 0 Å². The summed E-state index contributed by atoms with van der Waals surface area (Å²) < 4.78 is 5.26. The lowest BCUT2D eigenvalue weighted by atomic mass is 9.96. The molecule has 0 aliphatic heterocycles. The van der Waals surface area contributed by atoms with Crippen LogP contribution < -0.4 is 0 Å². The number of hydrogen-bond acceptors (Lipinski definition) is 2. The fourth-order valence-electron chi connectivity index (χ4n) is 2.28. The molecule has 1 N–H and O–H groups in total. The summed E-state index contributed by atoms with van der Waals surface area (Å²) >= 11 is 0. The van der Waals surface area contributed by atoms with Crippen molar-refractivity contribution < 1.29 is 9.84 Å². The Kier molecular flexibility index (Phi) is 6.20. The van der Waals surface area contributed by atoms with Gasteiger partial charge in [0.05, 0.1) is 6.10 Å². The van der Waals surface area contributed by atoms with Gasteiger partial charge in [0, 0.05) is 13.2 Å². The van der Waals surface area contributed by atoms with E-state index in [0.29, 0.717) is 5.92 Å². The molecule has 0 bridgehead atoms. The quantitative estimate of drug-likeness (QED) is 0.640. The van der Waals surface area contributed by atoms with E-state index in [1.165, 1.54) is 25.7 Å². The average molecular weight is 200 g/mol. The van der Waals surface area contributed by atoms with Gasteiger partial charge in [0.1, 0.15) is 0 Å². The number of rotatable bonds is 7. The Balaban J connectivity index is 1.94. The third kappa shape index (κ3) is 4.43. The van der Waals surface area contributed by atoms with Crippen molar-refractivity contribution in [1.82, 2.24) is 0 Å². The summed E-state index contributed by atoms with van der Waals surface area (Å²) in [5, 5.41) is 9.86. The Morgan fingerprint density at radius 3 is 2.64 bits per heavy atom. The smallest absolute Gasteiger partial charge is 0.0568 e. The molecule has 0 amide bonds. The van der Waals surface area contributed by atoms with Gasteiger partial charge in [-0.3, -0.25) is 0 Å². The zero-order chi connectivity index (χ0) is 10.2. The average Bonchev–Trinajstić information content (AvgIpc) is 2.70. The van der Waals surface area contributed by atoms with Crippen LogP contribution in [0.25, 0.3) is 0 Å².